The van der Waals surface area contributed by atoms with Gasteiger partial charge in [-0.2, -0.15) is 0 Å². The van der Waals surface area contributed by atoms with Crippen LogP contribution in [0, 0.1) is 0 Å². The van der Waals surface area contributed by atoms with Gasteiger partial charge < -0.3 is 5.32 Å². The van der Waals surface area contributed by atoms with E-state index in [-0.39, 0.29) is 0 Å². The van der Waals surface area contributed by atoms with Gasteiger partial charge in [0, 0.05) is 43.8 Å². The maximum absolute atomic E-state index is 3.84. The normalized spacial score (nSPS) is 39.3. The van der Waals surface area contributed by atoms with Crippen molar-refractivity contribution < 1.29 is 0 Å². The highest BCUT2D eigenvalue weighted by molar-refractivity contribution is 4.95. The number of nitrogens with one attached hydrogen (secondary N) is 1. The lowest BCUT2D eigenvalue weighted by Gasteiger charge is -2.37. The number of piperidine rings is 1. The quantitative estimate of drug-likeness (QED) is 0.813. The van der Waals surface area contributed by atoms with Gasteiger partial charge in [0.05, 0.1) is 0 Å². The Kier molecular flexibility index (Phi) is 3.10. The molecule has 2 aliphatic carbocycles. The van der Waals surface area contributed by atoms with E-state index in [4.69, 9.17) is 0 Å². The van der Waals surface area contributed by atoms with Crippen molar-refractivity contribution in [2.45, 2.75) is 69.1 Å². The van der Waals surface area contributed by atoms with Gasteiger partial charge in [-0.05, 0) is 51.5 Å². The summed E-state index contributed by atoms with van der Waals surface area (Å²) >= 11 is 0. The Bertz CT molecular complexity index is 298. The highest BCUT2D eigenvalue weighted by Gasteiger charge is 2.37. The first kappa shape index (κ1) is 11.7. The smallest absolute Gasteiger partial charge is 0.0236 e. The zero-order valence-electron chi connectivity index (χ0n) is 11.5. The Morgan fingerprint density at radius 3 is 2.28 bits per heavy atom. The minimum absolute atomic E-state index is 0.793. The molecular weight excluding hydrogens is 222 g/mol. The maximum Gasteiger partial charge on any atom is 0.0236 e. The van der Waals surface area contributed by atoms with E-state index in [0.717, 1.165) is 24.2 Å². The molecule has 0 aromatic carbocycles. The molecule has 4 rings (SSSR count). The monoisotopic (exact) mass is 249 g/mol. The third-order valence-electron chi connectivity index (χ3n) is 5.28. The fourth-order valence-electron chi connectivity index (χ4n) is 3.89. The van der Waals surface area contributed by atoms with Gasteiger partial charge in [0.1, 0.15) is 0 Å². The largest absolute Gasteiger partial charge is 0.310 e. The second-order valence-electron chi connectivity index (χ2n) is 6.94. The lowest BCUT2D eigenvalue weighted by molar-refractivity contribution is 0.135. The van der Waals surface area contributed by atoms with Gasteiger partial charge in [-0.25, -0.2) is 0 Å². The average Bonchev–Trinajstić information content (AvgIpc) is 3.32. The Morgan fingerprint density at radius 1 is 0.667 bits per heavy atom. The van der Waals surface area contributed by atoms with E-state index in [1.54, 1.807) is 0 Å². The van der Waals surface area contributed by atoms with Gasteiger partial charge in [0.25, 0.3) is 0 Å². The number of likely N-dealkylation sites (tertiary alicyclic amines) is 2. The van der Waals surface area contributed by atoms with Gasteiger partial charge in [-0.15, -0.1) is 0 Å². The molecule has 3 heteroatoms. The molecule has 18 heavy (non-hydrogen) atoms. The molecule has 2 saturated heterocycles. The van der Waals surface area contributed by atoms with Crippen molar-refractivity contribution in [2.75, 3.05) is 26.2 Å². The number of rotatable bonds is 4. The molecule has 0 spiro atoms. The van der Waals surface area contributed by atoms with Crippen molar-refractivity contribution in [2.24, 2.45) is 0 Å². The molecular formula is C15H27N3. The molecule has 0 aromatic heterocycles. The van der Waals surface area contributed by atoms with Gasteiger partial charge in [0.2, 0.25) is 0 Å². The summed E-state index contributed by atoms with van der Waals surface area (Å²) in [5, 5.41) is 3.84. The fraction of sp³-hybridized carbons (Fsp3) is 1.00. The molecule has 4 aliphatic rings. The maximum atomic E-state index is 3.84. The predicted octanol–water partition coefficient (Wildman–Crippen LogP) is 1.44. The molecule has 0 radical (unpaired) electrons. The van der Waals surface area contributed by atoms with Gasteiger partial charge >= 0.3 is 0 Å². The summed E-state index contributed by atoms with van der Waals surface area (Å²) < 4.78 is 0. The minimum atomic E-state index is 0.793. The summed E-state index contributed by atoms with van der Waals surface area (Å²) in [5.74, 6) is 0. The molecule has 102 valence electrons. The van der Waals surface area contributed by atoms with E-state index in [0.29, 0.717) is 0 Å². The average molecular weight is 249 g/mol. The fourth-order valence-corrected chi connectivity index (χ4v) is 3.89. The summed E-state index contributed by atoms with van der Waals surface area (Å²) in [7, 11) is 0. The molecule has 3 nitrogen and oxygen atoms in total. The number of hydrogen-bond acceptors (Lipinski definition) is 3. The Balaban J connectivity index is 1.30. The summed E-state index contributed by atoms with van der Waals surface area (Å²) in [6, 6.07) is 3.51. The third-order valence-corrected chi connectivity index (χ3v) is 5.28. The SMILES string of the molecule is C1CC(NC2CC2)CN(C2CCN(C3CC3)C2)C1. The standard InChI is InChI=1S/C15H27N3/c1-2-13(16-12-3-4-12)10-17(8-1)15-7-9-18(11-15)14-5-6-14/h12-16H,1-11H2. The highest BCUT2D eigenvalue weighted by atomic mass is 15.3. The minimum Gasteiger partial charge on any atom is -0.310 e. The topological polar surface area (TPSA) is 18.5 Å². The first-order chi connectivity index (χ1) is 8.88. The van der Waals surface area contributed by atoms with Gasteiger partial charge in [-0.3, -0.25) is 9.80 Å². The van der Waals surface area contributed by atoms with Crippen LogP contribution in [0.2, 0.25) is 0 Å². The van der Waals surface area contributed by atoms with Crippen LogP contribution in [0.3, 0.4) is 0 Å². The molecule has 0 amide bonds. The lowest BCUT2D eigenvalue weighted by Crippen LogP contribution is -2.50. The van der Waals surface area contributed by atoms with E-state index in [1.165, 1.54) is 71.1 Å². The molecule has 2 heterocycles. The van der Waals surface area contributed by atoms with Crippen LogP contribution >= 0.6 is 0 Å². The van der Waals surface area contributed by atoms with Crippen molar-refractivity contribution in [3.63, 3.8) is 0 Å². The molecule has 0 aromatic rings. The predicted molar refractivity (Wildman–Crippen MR) is 73.8 cm³/mol. The lowest BCUT2D eigenvalue weighted by atomic mass is 10.0. The van der Waals surface area contributed by atoms with Crippen molar-refractivity contribution in [3.8, 4) is 0 Å². The van der Waals surface area contributed by atoms with Crippen LogP contribution in [0.5, 0.6) is 0 Å². The second kappa shape index (κ2) is 4.77. The molecule has 2 atom stereocenters. The third kappa shape index (κ3) is 2.59. The van der Waals surface area contributed by atoms with Crippen LogP contribution in [0.4, 0.5) is 0 Å². The van der Waals surface area contributed by atoms with Crippen molar-refractivity contribution in [1.29, 1.82) is 0 Å². The molecule has 2 aliphatic heterocycles. The van der Waals surface area contributed by atoms with E-state index in [1.807, 2.05) is 0 Å². The van der Waals surface area contributed by atoms with Crippen molar-refractivity contribution >= 4 is 0 Å². The van der Waals surface area contributed by atoms with Crippen molar-refractivity contribution in [3.05, 3.63) is 0 Å². The summed E-state index contributed by atoms with van der Waals surface area (Å²) in [5.41, 5.74) is 0. The van der Waals surface area contributed by atoms with E-state index >= 15 is 0 Å². The summed E-state index contributed by atoms with van der Waals surface area (Å²) in [6.07, 6.45) is 10.0. The number of hydrogen-bond donors (Lipinski definition) is 1. The molecule has 2 unspecified atom stereocenters. The zero-order chi connectivity index (χ0) is 11.9. The van der Waals surface area contributed by atoms with E-state index in [9.17, 15) is 0 Å². The van der Waals surface area contributed by atoms with E-state index in [2.05, 4.69) is 15.1 Å². The van der Waals surface area contributed by atoms with Crippen LogP contribution in [-0.2, 0) is 0 Å². The van der Waals surface area contributed by atoms with Gasteiger partial charge in [-0.1, -0.05) is 0 Å². The molecule has 4 fully saturated rings. The molecule has 0 bridgehead atoms. The first-order valence-electron chi connectivity index (χ1n) is 8.12. The summed E-state index contributed by atoms with van der Waals surface area (Å²) in [6.45, 7) is 5.40. The van der Waals surface area contributed by atoms with Crippen LogP contribution in [0.1, 0.15) is 44.9 Å². The Morgan fingerprint density at radius 2 is 1.50 bits per heavy atom. The molecule has 2 saturated carbocycles. The molecule has 1 N–H and O–H groups in total. The van der Waals surface area contributed by atoms with Crippen molar-refractivity contribution in [1.82, 2.24) is 15.1 Å². The van der Waals surface area contributed by atoms with Crippen LogP contribution < -0.4 is 5.32 Å². The zero-order valence-corrected chi connectivity index (χ0v) is 11.5. The number of nitrogens with zero attached hydrogens (tertiary/aromatic N) is 2. The van der Waals surface area contributed by atoms with Crippen LogP contribution in [0.25, 0.3) is 0 Å². The van der Waals surface area contributed by atoms with E-state index < -0.39 is 0 Å². The van der Waals surface area contributed by atoms with Crippen LogP contribution in [0.15, 0.2) is 0 Å². The van der Waals surface area contributed by atoms with Crippen LogP contribution in [-0.4, -0.2) is 60.1 Å². The second-order valence-corrected chi connectivity index (χ2v) is 6.94. The first-order valence-corrected chi connectivity index (χ1v) is 8.12. The Labute approximate surface area is 111 Å². The Hall–Kier alpha value is -0.120. The van der Waals surface area contributed by atoms with Gasteiger partial charge in [0.15, 0.2) is 0 Å². The highest BCUT2D eigenvalue weighted by Crippen LogP contribution is 2.32. The summed E-state index contributed by atoms with van der Waals surface area (Å²) in [4.78, 5) is 5.55.